The van der Waals surface area contributed by atoms with Crippen LogP contribution in [0.25, 0.3) is 6.08 Å². The summed E-state index contributed by atoms with van der Waals surface area (Å²) in [5.74, 6) is 2.47. The Hall–Kier alpha value is -0.740. The third-order valence-electron chi connectivity index (χ3n) is 3.26. The average Bonchev–Trinajstić information content (AvgIpc) is 2.80. The van der Waals surface area contributed by atoms with E-state index in [1.807, 2.05) is 6.08 Å². The van der Waals surface area contributed by atoms with E-state index in [4.69, 9.17) is 0 Å². The summed E-state index contributed by atoms with van der Waals surface area (Å²) in [6.07, 6.45) is 12.2. The summed E-state index contributed by atoms with van der Waals surface area (Å²) >= 11 is 0. The Morgan fingerprint density at radius 3 is 3.06 bits per heavy atom. The number of allylic oxidation sites excluding steroid dienone is 2. The SMILES string of the molecule is C=CCC1=Cc2c(ccp2CCCCC)C1. The van der Waals surface area contributed by atoms with Gasteiger partial charge < -0.3 is 0 Å². The van der Waals surface area contributed by atoms with Crippen LogP contribution in [0.5, 0.6) is 0 Å². The average molecular weight is 232 g/mol. The lowest BCUT2D eigenvalue weighted by Crippen LogP contribution is -1.79. The molecule has 1 aliphatic carbocycles. The van der Waals surface area contributed by atoms with Crippen molar-refractivity contribution in [1.82, 2.24) is 0 Å². The highest BCUT2D eigenvalue weighted by Crippen LogP contribution is 2.45. The fourth-order valence-electron chi connectivity index (χ4n) is 2.39. The second-order valence-corrected chi connectivity index (χ2v) is 6.77. The molecule has 0 fully saturated rings. The van der Waals surface area contributed by atoms with Crippen molar-refractivity contribution >= 4 is 13.6 Å². The first kappa shape index (κ1) is 11.7. The van der Waals surface area contributed by atoms with Gasteiger partial charge >= 0.3 is 0 Å². The molecule has 0 radical (unpaired) electrons. The first-order valence-electron chi connectivity index (χ1n) is 6.33. The molecule has 1 aromatic heterocycles. The summed E-state index contributed by atoms with van der Waals surface area (Å²) in [7, 11) is 0.0539. The van der Waals surface area contributed by atoms with Crippen molar-refractivity contribution in [2.75, 3.05) is 0 Å². The molecule has 0 nitrogen and oxygen atoms in total. The lowest BCUT2D eigenvalue weighted by Gasteiger charge is -2.00. The molecule has 0 spiro atoms. The second kappa shape index (κ2) is 5.55. The zero-order valence-corrected chi connectivity index (χ0v) is 11.1. The van der Waals surface area contributed by atoms with Crippen LogP contribution >= 0.6 is 7.53 Å². The molecular weight excluding hydrogens is 211 g/mol. The molecule has 1 aromatic rings. The third kappa shape index (κ3) is 2.50. The van der Waals surface area contributed by atoms with Crippen molar-refractivity contribution in [2.45, 2.75) is 45.2 Å². The predicted molar refractivity (Wildman–Crippen MR) is 75.2 cm³/mol. The molecule has 0 saturated carbocycles. The molecule has 1 heteroatoms. The van der Waals surface area contributed by atoms with Crippen LogP contribution in [0, 0.1) is 0 Å². The van der Waals surface area contributed by atoms with Crippen LogP contribution in [0.15, 0.2) is 30.1 Å². The summed E-state index contributed by atoms with van der Waals surface area (Å²) in [4.78, 5) is 0. The molecule has 86 valence electrons. The molecule has 2 rings (SSSR count). The quantitative estimate of drug-likeness (QED) is 0.456. The summed E-state index contributed by atoms with van der Waals surface area (Å²) in [6.45, 7) is 6.10. The zero-order valence-electron chi connectivity index (χ0n) is 10.2. The van der Waals surface area contributed by atoms with E-state index in [0.717, 1.165) is 6.42 Å². The van der Waals surface area contributed by atoms with Gasteiger partial charge in [0.25, 0.3) is 0 Å². The molecule has 1 unspecified atom stereocenters. The number of fused-ring (bicyclic) bond motifs is 1. The van der Waals surface area contributed by atoms with Gasteiger partial charge in [0, 0.05) is 0 Å². The Morgan fingerprint density at radius 1 is 1.44 bits per heavy atom. The van der Waals surface area contributed by atoms with Gasteiger partial charge in [-0.2, -0.15) is 0 Å². The van der Waals surface area contributed by atoms with Gasteiger partial charge in [-0.05, 0) is 42.1 Å². The predicted octanol–water partition coefficient (Wildman–Crippen LogP) is 5.38. The molecule has 0 aromatic carbocycles. The van der Waals surface area contributed by atoms with E-state index in [2.05, 4.69) is 31.4 Å². The number of aryl methyl sites for hydroxylation is 1. The lowest BCUT2D eigenvalue weighted by atomic mass is 10.1. The number of hydrogen-bond donors (Lipinski definition) is 0. The van der Waals surface area contributed by atoms with Crippen LogP contribution in [-0.4, -0.2) is 0 Å². The maximum atomic E-state index is 3.83. The highest BCUT2D eigenvalue weighted by molar-refractivity contribution is 7.49. The minimum absolute atomic E-state index is 0.0539. The molecule has 0 saturated heterocycles. The molecule has 16 heavy (non-hydrogen) atoms. The Bertz CT molecular complexity index is 396. The summed E-state index contributed by atoms with van der Waals surface area (Å²) < 4.78 is 0. The van der Waals surface area contributed by atoms with Crippen molar-refractivity contribution in [3.05, 3.63) is 41.0 Å². The van der Waals surface area contributed by atoms with Gasteiger partial charge in [0.1, 0.15) is 0 Å². The van der Waals surface area contributed by atoms with Crippen LogP contribution in [0.1, 0.15) is 43.5 Å². The lowest BCUT2D eigenvalue weighted by molar-refractivity contribution is 0.753. The Morgan fingerprint density at radius 2 is 2.31 bits per heavy atom. The first-order valence-corrected chi connectivity index (χ1v) is 7.93. The van der Waals surface area contributed by atoms with Crippen LogP contribution in [0.4, 0.5) is 0 Å². The van der Waals surface area contributed by atoms with E-state index in [1.165, 1.54) is 31.8 Å². The van der Waals surface area contributed by atoms with Crippen molar-refractivity contribution in [2.24, 2.45) is 0 Å². The van der Waals surface area contributed by atoms with Crippen molar-refractivity contribution in [1.29, 1.82) is 0 Å². The molecule has 0 amide bonds. The van der Waals surface area contributed by atoms with E-state index in [0.29, 0.717) is 0 Å². The molecule has 0 aliphatic heterocycles. The molecular formula is C15H21P. The van der Waals surface area contributed by atoms with Gasteiger partial charge in [-0.3, -0.25) is 0 Å². The van der Waals surface area contributed by atoms with Crippen LogP contribution < -0.4 is 0 Å². The van der Waals surface area contributed by atoms with Gasteiger partial charge in [-0.25, -0.2) is 0 Å². The molecule has 1 atom stereocenters. The summed E-state index contributed by atoms with van der Waals surface area (Å²) in [5.41, 5.74) is 3.16. The summed E-state index contributed by atoms with van der Waals surface area (Å²) in [5, 5.41) is 1.67. The monoisotopic (exact) mass is 232 g/mol. The van der Waals surface area contributed by atoms with Crippen LogP contribution in [0.2, 0.25) is 0 Å². The van der Waals surface area contributed by atoms with Crippen molar-refractivity contribution < 1.29 is 0 Å². The number of unbranched alkanes of at least 4 members (excludes halogenated alkanes) is 2. The summed E-state index contributed by atoms with van der Waals surface area (Å²) in [6, 6.07) is 2.37. The van der Waals surface area contributed by atoms with Gasteiger partial charge in [0.2, 0.25) is 0 Å². The largest absolute Gasteiger partial charge is 0.117 e. The Labute approximate surface area is 100 Å². The van der Waals surface area contributed by atoms with E-state index in [9.17, 15) is 0 Å². The maximum absolute atomic E-state index is 3.83. The maximum Gasteiger partial charge on any atom is -0.00257 e. The zero-order chi connectivity index (χ0) is 11.4. The van der Waals surface area contributed by atoms with E-state index in [-0.39, 0.29) is 7.53 Å². The molecule has 1 aliphatic rings. The van der Waals surface area contributed by atoms with Gasteiger partial charge in [0.05, 0.1) is 0 Å². The topological polar surface area (TPSA) is 0 Å². The van der Waals surface area contributed by atoms with Gasteiger partial charge in [-0.1, -0.05) is 43.6 Å². The highest BCUT2D eigenvalue weighted by atomic mass is 31.1. The Balaban J connectivity index is 2.04. The standard InChI is InChI=1S/C15H21P/c1-3-5-6-9-16-10-8-14-11-13(7-4-2)12-15(14)16/h4,8,10,12H,2-3,5-7,9,11H2,1H3. The van der Waals surface area contributed by atoms with E-state index in [1.54, 1.807) is 16.4 Å². The fraction of sp³-hybridized carbons (Fsp3) is 0.467. The van der Waals surface area contributed by atoms with E-state index < -0.39 is 0 Å². The first-order chi connectivity index (χ1) is 7.85. The Kier molecular flexibility index (Phi) is 4.07. The third-order valence-corrected chi connectivity index (χ3v) is 5.60. The molecule has 1 heterocycles. The minimum atomic E-state index is 0.0539. The second-order valence-electron chi connectivity index (χ2n) is 4.60. The minimum Gasteiger partial charge on any atom is -0.117 e. The molecule has 0 N–H and O–H groups in total. The van der Waals surface area contributed by atoms with E-state index >= 15 is 0 Å². The van der Waals surface area contributed by atoms with Crippen molar-refractivity contribution in [3.63, 3.8) is 0 Å². The molecule has 0 bridgehead atoms. The smallest absolute Gasteiger partial charge is 0.00257 e. The van der Waals surface area contributed by atoms with Crippen molar-refractivity contribution in [3.8, 4) is 0 Å². The number of hydrogen-bond acceptors (Lipinski definition) is 0. The normalized spacial score (nSPS) is 14.8. The van der Waals surface area contributed by atoms with Crippen LogP contribution in [0.3, 0.4) is 0 Å². The van der Waals surface area contributed by atoms with Crippen LogP contribution in [-0.2, 0) is 12.6 Å². The number of rotatable bonds is 6. The fourth-order valence-corrected chi connectivity index (χ4v) is 4.73. The highest BCUT2D eigenvalue weighted by Gasteiger charge is 2.15. The van der Waals surface area contributed by atoms with Gasteiger partial charge in [0.15, 0.2) is 0 Å². The van der Waals surface area contributed by atoms with Gasteiger partial charge in [-0.15, -0.1) is 14.1 Å².